The second-order valence-corrected chi connectivity index (χ2v) is 5.90. The molecule has 1 N–H and O–H groups in total. The largest absolute Gasteiger partial charge is 0.311 e. The van der Waals surface area contributed by atoms with E-state index in [9.17, 15) is 0 Å². The Morgan fingerprint density at radius 3 is 2.80 bits per heavy atom. The second kappa shape index (κ2) is 7.61. The van der Waals surface area contributed by atoms with Gasteiger partial charge in [0.25, 0.3) is 0 Å². The van der Waals surface area contributed by atoms with Crippen molar-refractivity contribution in [1.82, 2.24) is 10.2 Å². The molecule has 0 saturated carbocycles. The zero-order valence-electron chi connectivity index (χ0n) is 12.9. The van der Waals surface area contributed by atoms with Gasteiger partial charge in [-0.15, -0.1) is 6.58 Å². The van der Waals surface area contributed by atoms with Gasteiger partial charge in [0.15, 0.2) is 0 Å². The fraction of sp³-hybridized carbons (Fsp3) is 0.556. The van der Waals surface area contributed by atoms with Crippen LogP contribution in [0.2, 0.25) is 0 Å². The first-order chi connectivity index (χ1) is 9.76. The van der Waals surface area contributed by atoms with Gasteiger partial charge in [-0.2, -0.15) is 0 Å². The highest BCUT2D eigenvalue weighted by molar-refractivity contribution is 5.20. The maximum atomic E-state index is 3.87. The highest BCUT2D eigenvalue weighted by Crippen LogP contribution is 2.26. The third-order valence-electron chi connectivity index (χ3n) is 4.58. The lowest BCUT2D eigenvalue weighted by Gasteiger charge is -2.42. The Kier molecular flexibility index (Phi) is 5.81. The van der Waals surface area contributed by atoms with Crippen LogP contribution in [0.3, 0.4) is 0 Å². The molecular formula is C18H28N2. The minimum atomic E-state index is 0.497. The van der Waals surface area contributed by atoms with Crippen LogP contribution in [-0.2, 0) is 0 Å². The van der Waals surface area contributed by atoms with Crippen molar-refractivity contribution in [3.63, 3.8) is 0 Å². The Balaban J connectivity index is 2.09. The van der Waals surface area contributed by atoms with Crippen LogP contribution in [0.15, 0.2) is 43.0 Å². The van der Waals surface area contributed by atoms with E-state index in [0.29, 0.717) is 12.1 Å². The predicted octanol–water partition coefficient (Wildman–Crippen LogP) is 3.62. The van der Waals surface area contributed by atoms with Crippen molar-refractivity contribution in [2.24, 2.45) is 5.92 Å². The van der Waals surface area contributed by atoms with Gasteiger partial charge in [-0.1, -0.05) is 56.7 Å². The highest BCUT2D eigenvalue weighted by atomic mass is 15.2. The zero-order chi connectivity index (χ0) is 14.4. The molecule has 0 aliphatic carbocycles. The van der Waals surface area contributed by atoms with Crippen LogP contribution in [-0.4, -0.2) is 30.6 Å². The van der Waals surface area contributed by atoms with Crippen molar-refractivity contribution in [3.05, 3.63) is 48.6 Å². The summed E-state index contributed by atoms with van der Waals surface area (Å²) in [6.07, 6.45) is 4.34. The fourth-order valence-corrected chi connectivity index (χ4v) is 3.01. The molecule has 1 aromatic carbocycles. The van der Waals surface area contributed by atoms with Gasteiger partial charge in [-0.05, 0) is 17.9 Å². The molecule has 0 amide bonds. The molecule has 1 saturated heterocycles. The van der Waals surface area contributed by atoms with Crippen LogP contribution < -0.4 is 5.32 Å². The molecule has 1 aliphatic rings. The number of benzene rings is 1. The molecule has 3 atom stereocenters. The lowest BCUT2D eigenvalue weighted by molar-refractivity contribution is 0.111. The number of nitrogens with one attached hydrogen (secondary N) is 1. The van der Waals surface area contributed by atoms with Gasteiger partial charge in [0, 0.05) is 31.7 Å². The first kappa shape index (κ1) is 15.3. The molecule has 3 unspecified atom stereocenters. The van der Waals surface area contributed by atoms with Crippen molar-refractivity contribution in [2.45, 2.75) is 38.8 Å². The van der Waals surface area contributed by atoms with E-state index in [-0.39, 0.29) is 0 Å². The van der Waals surface area contributed by atoms with Gasteiger partial charge in [0.2, 0.25) is 0 Å². The summed E-state index contributed by atoms with van der Waals surface area (Å²) in [7, 11) is 0. The Bertz CT molecular complexity index is 401. The summed E-state index contributed by atoms with van der Waals surface area (Å²) >= 11 is 0. The van der Waals surface area contributed by atoms with Gasteiger partial charge in [0.05, 0.1) is 0 Å². The summed E-state index contributed by atoms with van der Waals surface area (Å²) in [6.45, 7) is 11.8. The molecule has 2 nitrogen and oxygen atoms in total. The Morgan fingerprint density at radius 1 is 1.40 bits per heavy atom. The van der Waals surface area contributed by atoms with Crippen molar-refractivity contribution < 1.29 is 0 Å². The monoisotopic (exact) mass is 272 g/mol. The summed E-state index contributed by atoms with van der Waals surface area (Å²) in [4.78, 5) is 2.63. The van der Waals surface area contributed by atoms with Gasteiger partial charge in [-0.25, -0.2) is 0 Å². The molecule has 2 heteroatoms. The quantitative estimate of drug-likeness (QED) is 0.796. The van der Waals surface area contributed by atoms with E-state index >= 15 is 0 Å². The number of hydrogen-bond donors (Lipinski definition) is 1. The molecule has 110 valence electrons. The van der Waals surface area contributed by atoms with E-state index in [0.717, 1.165) is 32.0 Å². The standard InChI is InChI=1S/C18H28N2/c1-4-6-12-20-14-17(15(3)5-2)19-13-18(20)16-10-8-7-9-11-16/h4,7-11,15,17-19H,1,5-6,12-14H2,2-3H3. The smallest absolute Gasteiger partial charge is 0.0473 e. The molecule has 1 aromatic rings. The van der Waals surface area contributed by atoms with Crippen LogP contribution in [0.25, 0.3) is 0 Å². The van der Waals surface area contributed by atoms with Gasteiger partial charge in [0.1, 0.15) is 0 Å². The first-order valence-electron chi connectivity index (χ1n) is 7.89. The molecule has 0 radical (unpaired) electrons. The number of nitrogens with zero attached hydrogens (tertiary/aromatic N) is 1. The van der Waals surface area contributed by atoms with Crippen LogP contribution in [0, 0.1) is 5.92 Å². The molecule has 0 spiro atoms. The van der Waals surface area contributed by atoms with Crippen molar-refractivity contribution in [2.75, 3.05) is 19.6 Å². The first-order valence-corrected chi connectivity index (χ1v) is 7.89. The number of rotatable bonds is 6. The van der Waals surface area contributed by atoms with E-state index in [1.54, 1.807) is 0 Å². The molecule has 1 fully saturated rings. The molecule has 0 bridgehead atoms. The SMILES string of the molecule is C=CCCN1CC(C(C)CC)NCC1c1ccccc1. The third-order valence-corrected chi connectivity index (χ3v) is 4.58. The maximum absolute atomic E-state index is 3.87. The summed E-state index contributed by atoms with van der Waals surface area (Å²) in [5, 5.41) is 3.76. The Labute approximate surface area is 123 Å². The van der Waals surface area contributed by atoms with Gasteiger partial charge >= 0.3 is 0 Å². The molecular weight excluding hydrogens is 244 g/mol. The van der Waals surface area contributed by atoms with Crippen LogP contribution in [0.1, 0.15) is 38.3 Å². The van der Waals surface area contributed by atoms with E-state index in [1.807, 2.05) is 6.08 Å². The topological polar surface area (TPSA) is 15.3 Å². The second-order valence-electron chi connectivity index (χ2n) is 5.90. The minimum absolute atomic E-state index is 0.497. The minimum Gasteiger partial charge on any atom is -0.311 e. The van der Waals surface area contributed by atoms with E-state index in [4.69, 9.17) is 0 Å². The molecule has 2 rings (SSSR count). The van der Waals surface area contributed by atoms with E-state index < -0.39 is 0 Å². The zero-order valence-corrected chi connectivity index (χ0v) is 12.9. The fourth-order valence-electron chi connectivity index (χ4n) is 3.01. The summed E-state index contributed by atoms with van der Waals surface area (Å²) in [6, 6.07) is 12.0. The molecule has 20 heavy (non-hydrogen) atoms. The lowest BCUT2D eigenvalue weighted by atomic mass is 9.93. The number of hydrogen-bond acceptors (Lipinski definition) is 2. The van der Waals surface area contributed by atoms with Crippen molar-refractivity contribution in [1.29, 1.82) is 0 Å². The molecule has 0 aromatic heterocycles. The van der Waals surface area contributed by atoms with Crippen LogP contribution in [0.4, 0.5) is 0 Å². The van der Waals surface area contributed by atoms with Gasteiger partial charge in [-0.3, -0.25) is 4.90 Å². The normalized spacial score (nSPS) is 25.3. The van der Waals surface area contributed by atoms with Gasteiger partial charge < -0.3 is 5.32 Å². The third kappa shape index (κ3) is 3.71. The summed E-state index contributed by atoms with van der Waals surface area (Å²) < 4.78 is 0. The van der Waals surface area contributed by atoms with E-state index in [1.165, 1.54) is 12.0 Å². The molecule has 1 heterocycles. The Morgan fingerprint density at radius 2 is 2.15 bits per heavy atom. The predicted molar refractivity (Wildman–Crippen MR) is 86.8 cm³/mol. The van der Waals surface area contributed by atoms with Crippen LogP contribution >= 0.6 is 0 Å². The summed E-state index contributed by atoms with van der Waals surface area (Å²) in [5.74, 6) is 0.734. The van der Waals surface area contributed by atoms with E-state index in [2.05, 4.69) is 61.0 Å². The lowest BCUT2D eigenvalue weighted by Crippen LogP contribution is -2.54. The van der Waals surface area contributed by atoms with Crippen LogP contribution in [0.5, 0.6) is 0 Å². The molecule has 1 aliphatic heterocycles. The Hall–Kier alpha value is -1.12. The summed E-state index contributed by atoms with van der Waals surface area (Å²) in [5.41, 5.74) is 1.42. The maximum Gasteiger partial charge on any atom is 0.0473 e. The average Bonchev–Trinajstić information content (AvgIpc) is 2.52. The number of piperazine rings is 1. The van der Waals surface area contributed by atoms with Crippen molar-refractivity contribution >= 4 is 0 Å². The van der Waals surface area contributed by atoms with Crippen molar-refractivity contribution in [3.8, 4) is 0 Å². The highest BCUT2D eigenvalue weighted by Gasteiger charge is 2.30. The average molecular weight is 272 g/mol.